The summed E-state index contributed by atoms with van der Waals surface area (Å²) in [6.07, 6.45) is 0. The van der Waals surface area contributed by atoms with Crippen LogP contribution in [0.15, 0.2) is 65.6 Å². The predicted octanol–water partition coefficient (Wildman–Crippen LogP) is 4.81. The van der Waals surface area contributed by atoms with Gasteiger partial charge in [0.2, 0.25) is 5.91 Å². The Hall–Kier alpha value is -3.23. The third kappa shape index (κ3) is 5.40. The standard InChI is InChI=1S/C24H25ClN2O5S/c1-16-8-11-19(12-9-16)33(29,30)27(22-7-5-6-20(25)17(22)2)15-24(28)26-21-14-18(31-3)10-13-23(21)32-4/h5-14H,15H2,1-4H3,(H,26,28). The fourth-order valence-corrected chi connectivity index (χ4v) is 4.88. The van der Waals surface area contributed by atoms with Gasteiger partial charge in [-0.1, -0.05) is 35.4 Å². The van der Waals surface area contributed by atoms with E-state index in [1.807, 2.05) is 6.92 Å². The van der Waals surface area contributed by atoms with Gasteiger partial charge in [0.15, 0.2) is 0 Å². The van der Waals surface area contributed by atoms with Crippen LogP contribution in [0.3, 0.4) is 0 Å². The molecular formula is C24H25ClN2O5S. The first-order valence-electron chi connectivity index (χ1n) is 10.0. The molecule has 33 heavy (non-hydrogen) atoms. The number of carbonyl (C=O) groups excluding carboxylic acids is 1. The summed E-state index contributed by atoms with van der Waals surface area (Å²) in [5, 5.41) is 3.12. The van der Waals surface area contributed by atoms with Gasteiger partial charge in [-0.25, -0.2) is 8.42 Å². The second kappa shape index (κ2) is 10.1. The molecule has 0 atom stereocenters. The maximum absolute atomic E-state index is 13.6. The first kappa shape index (κ1) is 24.4. The number of rotatable bonds is 8. The normalized spacial score (nSPS) is 11.1. The fourth-order valence-electron chi connectivity index (χ4n) is 3.24. The number of amides is 1. The third-order valence-electron chi connectivity index (χ3n) is 5.08. The number of ether oxygens (including phenoxy) is 2. The van der Waals surface area contributed by atoms with Gasteiger partial charge < -0.3 is 14.8 Å². The van der Waals surface area contributed by atoms with E-state index in [0.29, 0.717) is 33.5 Å². The van der Waals surface area contributed by atoms with Crippen molar-refractivity contribution in [2.45, 2.75) is 18.7 Å². The van der Waals surface area contributed by atoms with Crippen LogP contribution in [0.25, 0.3) is 0 Å². The number of halogens is 1. The Labute approximate surface area is 198 Å². The van der Waals surface area contributed by atoms with Crippen molar-refractivity contribution in [3.63, 3.8) is 0 Å². The zero-order valence-electron chi connectivity index (χ0n) is 18.8. The number of hydrogen-bond acceptors (Lipinski definition) is 5. The van der Waals surface area contributed by atoms with Crippen molar-refractivity contribution in [3.8, 4) is 11.5 Å². The number of benzene rings is 3. The van der Waals surface area contributed by atoms with Crippen LogP contribution < -0.4 is 19.1 Å². The first-order valence-corrected chi connectivity index (χ1v) is 11.9. The molecule has 0 aliphatic heterocycles. The Bertz CT molecular complexity index is 1260. The molecule has 0 bridgehead atoms. The zero-order valence-corrected chi connectivity index (χ0v) is 20.3. The number of sulfonamides is 1. The van der Waals surface area contributed by atoms with Gasteiger partial charge in [-0.2, -0.15) is 0 Å². The number of nitrogens with zero attached hydrogens (tertiary/aromatic N) is 1. The Kier molecular flexibility index (Phi) is 7.50. The summed E-state index contributed by atoms with van der Waals surface area (Å²) in [6.45, 7) is 3.10. The van der Waals surface area contributed by atoms with Crippen LogP contribution >= 0.6 is 11.6 Å². The highest BCUT2D eigenvalue weighted by Gasteiger charge is 2.29. The highest BCUT2D eigenvalue weighted by Crippen LogP contribution is 2.32. The summed E-state index contributed by atoms with van der Waals surface area (Å²) in [7, 11) is -1.09. The van der Waals surface area contributed by atoms with Gasteiger partial charge in [-0.05, 0) is 55.8 Å². The van der Waals surface area contributed by atoms with E-state index in [2.05, 4.69) is 5.32 Å². The summed E-state index contributed by atoms with van der Waals surface area (Å²) in [5.41, 5.74) is 2.14. The van der Waals surface area contributed by atoms with Crippen LogP contribution in [-0.2, 0) is 14.8 Å². The van der Waals surface area contributed by atoms with E-state index in [9.17, 15) is 13.2 Å². The predicted molar refractivity (Wildman–Crippen MR) is 130 cm³/mol. The van der Waals surface area contributed by atoms with Gasteiger partial charge in [0.05, 0.1) is 30.5 Å². The smallest absolute Gasteiger partial charge is 0.264 e. The molecule has 1 amide bonds. The lowest BCUT2D eigenvalue weighted by atomic mass is 10.2. The van der Waals surface area contributed by atoms with Crippen molar-refractivity contribution in [3.05, 3.63) is 76.8 Å². The molecule has 3 aromatic carbocycles. The van der Waals surface area contributed by atoms with Crippen molar-refractivity contribution in [1.29, 1.82) is 0 Å². The largest absolute Gasteiger partial charge is 0.497 e. The van der Waals surface area contributed by atoms with Gasteiger partial charge in [0, 0.05) is 11.1 Å². The Balaban J connectivity index is 2.01. The molecule has 1 N–H and O–H groups in total. The molecule has 0 aliphatic rings. The van der Waals surface area contributed by atoms with Crippen molar-refractivity contribution in [2.24, 2.45) is 0 Å². The summed E-state index contributed by atoms with van der Waals surface area (Å²) in [6, 6.07) is 16.3. The number of anilines is 2. The maximum atomic E-state index is 13.6. The third-order valence-corrected chi connectivity index (χ3v) is 7.27. The minimum absolute atomic E-state index is 0.0687. The second-order valence-corrected chi connectivity index (χ2v) is 9.59. The van der Waals surface area contributed by atoms with E-state index in [1.54, 1.807) is 55.5 Å². The number of methoxy groups -OCH3 is 2. The number of carbonyl (C=O) groups is 1. The molecular weight excluding hydrogens is 464 g/mol. The molecule has 0 aliphatic carbocycles. The van der Waals surface area contributed by atoms with Crippen LogP contribution in [-0.4, -0.2) is 35.1 Å². The molecule has 0 spiro atoms. The van der Waals surface area contributed by atoms with Crippen LogP contribution in [0.1, 0.15) is 11.1 Å². The van der Waals surface area contributed by atoms with Gasteiger partial charge in [0.25, 0.3) is 10.0 Å². The van der Waals surface area contributed by atoms with E-state index in [4.69, 9.17) is 21.1 Å². The Morgan fingerprint density at radius 2 is 1.70 bits per heavy atom. The quantitative estimate of drug-likeness (QED) is 0.492. The summed E-state index contributed by atoms with van der Waals surface area (Å²) in [5.74, 6) is 0.369. The number of aryl methyl sites for hydroxylation is 1. The minimum atomic E-state index is -4.07. The highest BCUT2D eigenvalue weighted by atomic mass is 35.5. The molecule has 0 fully saturated rings. The van der Waals surface area contributed by atoms with E-state index < -0.39 is 22.5 Å². The molecule has 0 aromatic heterocycles. The second-order valence-electron chi connectivity index (χ2n) is 7.32. The SMILES string of the molecule is COc1ccc(OC)c(NC(=O)CN(c2cccc(Cl)c2C)S(=O)(=O)c2ccc(C)cc2)c1. The van der Waals surface area contributed by atoms with Crippen molar-refractivity contribution < 1.29 is 22.7 Å². The molecule has 9 heteroatoms. The molecule has 0 saturated carbocycles. The fraction of sp³-hybridized carbons (Fsp3) is 0.208. The molecule has 7 nitrogen and oxygen atoms in total. The van der Waals surface area contributed by atoms with Gasteiger partial charge >= 0.3 is 0 Å². The topological polar surface area (TPSA) is 84.9 Å². The lowest BCUT2D eigenvalue weighted by Crippen LogP contribution is -2.38. The van der Waals surface area contributed by atoms with Gasteiger partial charge in [-0.3, -0.25) is 9.10 Å². The first-order chi connectivity index (χ1) is 15.7. The van der Waals surface area contributed by atoms with E-state index >= 15 is 0 Å². The Morgan fingerprint density at radius 3 is 2.33 bits per heavy atom. The molecule has 0 unspecified atom stereocenters. The minimum Gasteiger partial charge on any atom is -0.497 e. The molecule has 0 radical (unpaired) electrons. The van der Waals surface area contributed by atoms with Crippen molar-refractivity contribution in [2.75, 3.05) is 30.4 Å². The molecule has 0 heterocycles. The highest BCUT2D eigenvalue weighted by molar-refractivity contribution is 7.92. The average Bonchev–Trinajstić information content (AvgIpc) is 2.79. The van der Waals surface area contributed by atoms with E-state index in [0.717, 1.165) is 9.87 Å². The average molecular weight is 489 g/mol. The van der Waals surface area contributed by atoms with Crippen LogP contribution in [0.2, 0.25) is 5.02 Å². The van der Waals surface area contributed by atoms with E-state index in [-0.39, 0.29) is 4.90 Å². The maximum Gasteiger partial charge on any atom is 0.264 e. The summed E-state index contributed by atoms with van der Waals surface area (Å²) in [4.78, 5) is 13.1. The molecule has 0 saturated heterocycles. The lowest BCUT2D eigenvalue weighted by molar-refractivity contribution is -0.114. The van der Waals surface area contributed by atoms with Gasteiger partial charge in [0.1, 0.15) is 18.0 Å². The monoisotopic (exact) mass is 488 g/mol. The molecule has 174 valence electrons. The Morgan fingerprint density at radius 1 is 1.00 bits per heavy atom. The summed E-state index contributed by atoms with van der Waals surface area (Å²) < 4.78 is 38.7. The van der Waals surface area contributed by atoms with Crippen molar-refractivity contribution >= 4 is 38.9 Å². The molecule has 3 rings (SSSR count). The van der Waals surface area contributed by atoms with Gasteiger partial charge in [-0.15, -0.1) is 0 Å². The lowest BCUT2D eigenvalue weighted by Gasteiger charge is -2.26. The molecule has 3 aromatic rings. The zero-order chi connectivity index (χ0) is 24.2. The van der Waals surface area contributed by atoms with Crippen LogP contribution in [0.4, 0.5) is 11.4 Å². The number of nitrogens with one attached hydrogen (secondary N) is 1. The summed E-state index contributed by atoms with van der Waals surface area (Å²) >= 11 is 6.26. The number of hydrogen-bond donors (Lipinski definition) is 1. The van der Waals surface area contributed by atoms with Crippen molar-refractivity contribution in [1.82, 2.24) is 0 Å². The van der Waals surface area contributed by atoms with Crippen LogP contribution in [0, 0.1) is 13.8 Å². The van der Waals surface area contributed by atoms with E-state index in [1.165, 1.54) is 26.4 Å². The van der Waals surface area contributed by atoms with Crippen LogP contribution in [0.5, 0.6) is 11.5 Å².